The van der Waals surface area contributed by atoms with Crippen LogP contribution in [0, 0.1) is 0 Å². The van der Waals surface area contributed by atoms with Crippen LogP contribution < -0.4 is 5.32 Å². The quantitative estimate of drug-likeness (QED) is 0.825. The number of amides is 1. The Kier molecular flexibility index (Phi) is 4.88. The number of hydrogen-bond acceptors (Lipinski definition) is 5. The predicted molar refractivity (Wildman–Crippen MR) is 90.0 cm³/mol. The Hall–Kier alpha value is -1.99. The van der Waals surface area contributed by atoms with Gasteiger partial charge < -0.3 is 4.98 Å². The number of rotatable bonds is 5. The average molecular weight is 332 g/mol. The number of Topliss-reactive ketones (excluding diaryl/α,β-unsaturated/α-hetero) is 1. The van der Waals surface area contributed by atoms with E-state index >= 15 is 0 Å². The summed E-state index contributed by atoms with van der Waals surface area (Å²) in [6.45, 7) is 4.55. The van der Waals surface area contributed by atoms with Gasteiger partial charge in [-0.1, -0.05) is 6.42 Å². The maximum absolute atomic E-state index is 12.2. The Bertz CT molecular complexity index is 701. The molecule has 122 valence electrons. The lowest BCUT2D eigenvalue weighted by Crippen LogP contribution is -2.29. The van der Waals surface area contributed by atoms with Gasteiger partial charge in [0.15, 0.2) is 10.9 Å². The minimum atomic E-state index is -0.281. The molecule has 0 atom stereocenters. The minimum Gasteiger partial charge on any atom is -0.356 e. The molecule has 0 spiro atoms. The van der Waals surface area contributed by atoms with Gasteiger partial charge in [-0.05, 0) is 38.9 Å². The van der Waals surface area contributed by atoms with Crippen LogP contribution in [0.25, 0.3) is 0 Å². The van der Waals surface area contributed by atoms with Crippen molar-refractivity contribution >= 4 is 28.2 Å². The van der Waals surface area contributed by atoms with Gasteiger partial charge in [-0.15, -0.1) is 11.3 Å². The summed E-state index contributed by atoms with van der Waals surface area (Å²) in [7, 11) is 0. The molecule has 0 aliphatic carbocycles. The van der Waals surface area contributed by atoms with Crippen LogP contribution in [-0.4, -0.2) is 39.6 Å². The van der Waals surface area contributed by atoms with E-state index in [2.05, 4.69) is 20.2 Å². The van der Waals surface area contributed by atoms with Crippen LogP contribution in [0.15, 0.2) is 17.6 Å². The van der Waals surface area contributed by atoms with Crippen LogP contribution in [0.2, 0.25) is 0 Å². The predicted octanol–water partition coefficient (Wildman–Crippen LogP) is 2.91. The molecule has 1 amide bonds. The molecule has 0 radical (unpaired) electrons. The fraction of sp³-hybridized carbons (Fsp3) is 0.438. The number of nitrogens with zero attached hydrogens (tertiary/aromatic N) is 2. The number of nitrogens with one attached hydrogen (secondary N) is 2. The van der Waals surface area contributed by atoms with Gasteiger partial charge in [-0.2, -0.15) is 0 Å². The topological polar surface area (TPSA) is 78.1 Å². The van der Waals surface area contributed by atoms with Crippen LogP contribution in [0.4, 0.5) is 5.13 Å². The molecule has 0 saturated carbocycles. The molecule has 0 aromatic carbocycles. The molecule has 7 heteroatoms. The van der Waals surface area contributed by atoms with Gasteiger partial charge in [0.1, 0.15) is 5.69 Å². The van der Waals surface area contributed by atoms with Crippen molar-refractivity contribution in [2.45, 2.75) is 32.7 Å². The van der Waals surface area contributed by atoms with E-state index in [1.54, 1.807) is 12.3 Å². The molecule has 23 heavy (non-hydrogen) atoms. The Morgan fingerprint density at radius 3 is 2.83 bits per heavy atom. The summed E-state index contributed by atoms with van der Waals surface area (Å²) in [6, 6.07) is 1.56. The maximum Gasteiger partial charge on any atom is 0.273 e. The van der Waals surface area contributed by atoms with Crippen LogP contribution in [0.1, 0.15) is 52.7 Å². The number of H-pyrrole nitrogens is 1. The zero-order valence-electron chi connectivity index (χ0n) is 13.1. The summed E-state index contributed by atoms with van der Waals surface area (Å²) in [5.41, 5.74) is 1.85. The molecular weight excluding hydrogens is 312 g/mol. The van der Waals surface area contributed by atoms with Gasteiger partial charge in [-0.3, -0.25) is 19.8 Å². The SMILES string of the molecule is CC(=O)c1c[nH]c(C(=O)Nc2nc(CN3CCCCC3)cs2)c1. The van der Waals surface area contributed by atoms with Gasteiger partial charge in [0.25, 0.3) is 5.91 Å². The molecule has 3 heterocycles. The number of thiazole rings is 1. The third-order valence-corrected chi connectivity index (χ3v) is 4.75. The normalized spacial score (nSPS) is 15.5. The third-order valence-electron chi connectivity index (χ3n) is 3.94. The first-order valence-corrected chi connectivity index (χ1v) is 8.67. The van der Waals surface area contributed by atoms with E-state index in [4.69, 9.17) is 0 Å². The van der Waals surface area contributed by atoms with Crippen molar-refractivity contribution in [3.05, 3.63) is 34.6 Å². The molecule has 2 aromatic rings. The largest absolute Gasteiger partial charge is 0.356 e. The van der Waals surface area contributed by atoms with Gasteiger partial charge in [0.2, 0.25) is 0 Å². The van der Waals surface area contributed by atoms with E-state index in [1.165, 1.54) is 37.5 Å². The zero-order chi connectivity index (χ0) is 16.2. The molecule has 6 nitrogen and oxygen atoms in total. The standard InChI is InChI=1S/C16H20N4O2S/c1-11(21)12-7-14(17-8-12)15(22)19-16-18-13(10-23-16)9-20-5-3-2-4-6-20/h7-8,10,17H,2-6,9H2,1H3,(H,18,19,22). The fourth-order valence-electron chi connectivity index (χ4n) is 2.68. The lowest BCUT2D eigenvalue weighted by molar-refractivity contribution is 0.101. The number of anilines is 1. The highest BCUT2D eigenvalue weighted by molar-refractivity contribution is 7.13. The second-order valence-corrected chi connectivity index (χ2v) is 6.65. The number of likely N-dealkylation sites (tertiary alicyclic amines) is 1. The molecule has 0 unspecified atom stereocenters. The Labute approximate surface area is 138 Å². The van der Waals surface area contributed by atoms with E-state index in [-0.39, 0.29) is 11.7 Å². The summed E-state index contributed by atoms with van der Waals surface area (Å²) in [5, 5.41) is 5.35. The highest BCUT2D eigenvalue weighted by Crippen LogP contribution is 2.19. The minimum absolute atomic E-state index is 0.0710. The van der Waals surface area contributed by atoms with Crippen molar-refractivity contribution in [3.63, 3.8) is 0 Å². The Morgan fingerprint density at radius 2 is 2.13 bits per heavy atom. The van der Waals surface area contributed by atoms with Crippen molar-refractivity contribution in [2.24, 2.45) is 0 Å². The highest BCUT2D eigenvalue weighted by Gasteiger charge is 2.15. The summed E-state index contributed by atoms with van der Waals surface area (Å²) in [5.74, 6) is -0.352. The van der Waals surface area contributed by atoms with Crippen LogP contribution in [0.5, 0.6) is 0 Å². The Balaban J connectivity index is 1.59. The summed E-state index contributed by atoms with van der Waals surface area (Å²) >= 11 is 1.42. The van der Waals surface area contributed by atoms with E-state index in [0.29, 0.717) is 16.4 Å². The highest BCUT2D eigenvalue weighted by atomic mass is 32.1. The van der Waals surface area contributed by atoms with Gasteiger partial charge in [-0.25, -0.2) is 4.98 Å². The summed E-state index contributed by atoms with van der Waals surface area (Å²) in [4.78, 5) is 33.1. The monoisotopic (exact) mass is 332 g/mol. The van der Waals surface area contributed by atoms with Crippen molar-refractivity contribution in [1.82, 2.24) is 14.9 Å². The Morgan fingerprint density at radius 1 is 1.35 bits per heavy atom. The fourth-order valence-corrected chi connectivity index (χ4v) is 3.37. The first-order valence-electron chi connectivity index (χ1n) is 7.79. The van der Waals surface area contributed by atoms with E-state index in [9.17, 15) is 9.59 Å². The lowest BCUT2D eigenvalue weighted by Gasteiger charge is -2.25. The third kappa shape index (κ3) is 4.05. The smallest absolute Gasteiger partial charge is 0.273 e. The number of aromatic amines is 1. The first-order chi connectivity index (χ1) is 11.1. The molecule has 0 bridgehead atoms. The van der Waals surface area contributed by atoms with Crippen LogP contribution in [0.3, 0.4) is 0 Å². The van der Waals surface area contributed by atoms with Crippen molar-refractivity contribution in [3.8, 4) is 0 Å². The van der Waals surface area contributed by atoms with Crippen LogP contribution in [-0.2, 0) is 6.54 Å². The van der Waals surface area contributed by atoms with E-state index in [0.717, 1.165) is 25.3 Å². The molecule has 3 rings (SSSR count). The number of carbonyl (C=O) groups excluding carboxylic acids is 2. The molecule has 1 saturated heterocycles. The first kappa shape index (κ1) is 15.9. The molecule has 1 fully saturated rings. The number of aromatic nitrogens is 2. The molecular formula is C16H20N4O2S. The zero-order valence-corrected chi connectivity index (χ0v) is 13.9. The number of hydrogen-bond donors (Lipinski definition) is 2. The molecule has 1 aliphatic rings. The maximum atomic E-state index is 12.2. The van der Waals surface area contributed by atoms with Gasteiger partial charge in [0, 0.05) is 23.7 Å². The lowest BCUT2D eigenvalue weighted by atomic mass is 10.1. The number of carbonyl (C=O) groups is 2. The summed E-state index contributed by atoms with van der Waals surface area (Å²) < 4.78 is 0. The second-order valence-electron chi connectivity index (χ2n) is 5.79. The summed E-state index contributed by atoms with van der Waals surface area (Å²) in [6.07, 6.45) is 5.35. The number of ketones is 1. The van der Waals surface area contributed by atoms with Crippen molar-refractivity contribution in [1.29, 1.82) is 0 Å². The molecule has 2 aromatic heterocycles. The van der Waals surface area contributed by atoms with E-state index in [1.807, 2.05) is 5.38 Å². The van der Waals surface area contributed by atoms with Gasteiger partial charge >= 0.3 is 0 Å². The van der Waals surface area contributed by atoms with Crippen molar-refractivity contribution < 1.29 is 9.59 Å². The van der Waals surface area contributed by atoms with Crippen molar-refractivity contribution in [2.75, 3.05) is 18.4 Å². The van der Waals surface area contributed by atoms with E-state index < -0.39 is 0 Å². The number of piperidine rings is 1. The molecule has 2 N–H and O–H groups in total. The van der Waals surface area contributed by atoms with Gasteiger partial charge in [0.05, 0.1) is 5.69 Å². The average Bonchev–Trinajstić information content (AvgIpc) is 3.18. The second kappa shape index (κ2) is 7.06. The van der Waals surface area contributed by atoms with Crippen LogP contribution >= 0.6 is 11.3 Å². The molecule has 1 aliphatic heterocycles.